The van der Waals surface area contributed by atoms with Gasteiger partial charge in [0.05, 0.1) is 11.3 Å². The molecule has 0 N–H and O–H groups in total. The van der Waals surface area contributed by atoms with Crippen LogP contribution in [0.25, 0.3) is 0 Å². The zero-order valence-electron chi connectivity index (χ0n) is 10.7. The molecule has 0 aliphatic heterocycles. The van der Waals surface area contributed by atoms with E-state index < -0.39 is 0 Å². The average Bonchev–Trinajstić information content (AvgIpc) is 2.81. The van der Waals surface area contributed by atoms with E-state index in [1.165, 1.54) is 5.69 Å². The van der Waals surface area contributed by atoms with Gasteiger partial charge < -0.3 is 4.90 Å². The lowest BCUT2D eigenvalue weighted by atomic mass is 10.1. The van der Waals surface area contributed by atoms with Crippen LogP contribution in [0.5, 0.6) is 0 Å². The first-order valence-corrected chi connectivity index (χ1v) is 5.89. The van der Waals surface area contributed by atoms with Gasteiger partial charge in [-0.15, -0.1) is 0 Å². The van der Waals surface area contributed by atoms with Crippen molar-refractivity contribution in [2.24, 2.45) is 7.05 Å². The Balaban J connectivity index is 2.06. The summed E-state index contributed by atoms with van der Waals surface area (Å²) in [5.74, 6) is 0. The SMILES string of the molecule is CN(CCc1ccnn1C)c1ccccc1C#N. The summed E-state index contributed by atoms with van der Waals surface area (Å²) in [6.45, 7) is 0.859. The van der Waals surface area contributed by atoms with Gasteiger partial charge in [0, 0.05) is 39.0 Å². The summed E-state index contributed by atoms with van der Waals surface area (Å²) >= 11 is 0. The molecular weight excluding hydrogens is 224 g/mol. The van der Waals surface area contributed by atoms with E-state index in [0.717, 1.165) is 18.7 Å². The summed E-state index contributed by atoms with van der Waals surface area (Å²) in [4.78, 5) is 2.10. The van der Waals surface area contributed by atoms with Gasteiger partial charge in [-0.25, -0.2) is 0 Å². The van der Waals surface area contributed by atoms with E-state index in [9.17, 15) is 0 Å². The lowest BCUT2D eigenvalue weighted by Gasteiger charge is -2.20. The Labute approximate surface area is 107 Å². The Morgan fingerprint density at radius 2 is 2.11 bits per heavy atom. The van der Waals surface area contributed by atoms with Crippen molar-refractivity contribution in [2.45, 2.75) is 6.42 Å². The number of rotatable bonds is 4. The lowest BCUT2D eigenvalue weighted by Crippen LogP contribution is -2.22. The van der Waals surface area contributed by atoms with Crippen molar-refractivity contribution < 1.29 is 0 Å². The number of benzene rings is 1. The highest BCUT2D eigenvalue weighted by atomic mass is 15.3. The first kappa shape index (κ1) is 12.2. The number of nitriles is 1. The molecule has 92 valence electrons. The van der Waals surface area contributed by atoms with Crippen LogP contribution >= 0.6 is 0 Å². The molecule has 1 heterocycles. The van der Waals surface area contributed by atoms with E-state index in [1.807, 2.05) is 49.1 Å². The van der Waals surface area contributed by atoms with Gasteiger partial charge in [0.2, 0.25) is 0 Å². The summed E-state index contributed by atoms with van der Waals surface area (Å²) in [6.07, 6.45) is 2.71. The fourth-order valence-corrected chi connectivity index (χ4v) is 1.95. The number of likely N-dealkylation sites (N-methyl/N-ethyl adjacent to an activating group) is 1. The first-order valence-electron chi connectivity index (χ1n) is 5.89. The molecular formula is C14H16N4. The van der Waals surface area contributed by atoms with E-state index in [2.05, 4.69) is 16.1 Å². The van der Waals surface area contributed by atoms with Crippen LogP contribution in [0.4, 0.5) is 5.69 Å². The number of nitrogens with zero attached hydrogens (tertiary/aromatic N) is 4. The smallest absolute Gasteiger partial charge is 0.101 e. The van der Waals surface area contributed by atoms with E-state index in [-0.39, 0.29) is 0 Å². The molecule has 0 spiro atoms. The molecule has 0 radical (unpaired) electrons. The average molecular weight is 240 g/mol. The minimum Gasteiger partial charge on any atom is -0.373 e. The second-order valence-corrected chi connectivity index (χ2v) is 4.25. The molecule has 0 unspecified atom stereocenters. The molecule has 0 aliphatic rings. The van der Waals surface area contributed by atoms with Crippen LogP contribution in [0, 0.1) is 11.3 Å². The van der Waals surface area contributed by atoms with Crippen molar-refractivity contribution in [1.29, 1.82) is 5.26 Å². The van der Waals surface area contributed by atoms with Crippen LogP contribution in [0.1, 0.15) is 11.3 Å². The first-order chi connectivity index (χ1) is 8.72. The summed E-state index contributed by atoms with van der Waals surface area (Å²) in [6, 6.07) is 11.9. The van der Waals surface area contributed by atoms with Gasteiger partial charge >= 0.3 is 0 Å². The minimum atomic E-state index is 0.713. The van der Waals surface area contributed by atoms with Crippen molar-refractivity contribution in [3.8, 4) is 6.07 Å². The largest absolute Gasteiger partial charge is 0.373 e. The molecule has 4 nitrogen and oxygen atoms in total. The number of anilines is 1. The molecule has 0 amide bonds. The molecule has 4 heteroatoms. The fourth-order valence-electron chi connectivity index (χ4n) is 1.95. The molecule has 1 aromatic carbocycles. The monoisotopic (exact) mass is 240 g/mol. The third kappa shape index (κ3) is 2.51. The molecule has 0 saturated heterocycles. The number of hydrogen-bond acceptors (Lipinski definition) is 3. The van der Waals surface area contributed by atoms with Crippen molar-refractivity contribution >= 4 is 5.69 Å². The number of hydrogen-bond donors (Lipinski definition) is 0. The highest BCUT2D eigenvalue weighted by molar-refractivity contribution is 5.58. The van der Waals surface area contributed by atoms with Crippen LogP contribution in [0.2, 0.25) is 0 Å². The summed E-state index contributed by atoms with van der Waals surface area (Å²) < 4.78 is 1.88. The number of para-hydroxylation sites is 1. The Bertz CT molecular complexity index is 565. The van der Waals surface area contributed by atoms with Crippen LogP contribution in [-0.2, 0) is 13.5 Å². The Morgan fingerprint density at radius 1 is 1.33 bits per heavy atom. The quantitative estimate of drug-likeness (QED) is 0.820. The maximum Gasteiger partial charge on any atom is 0.101 e. The fraction of sp³-hybridized carbons (Fsp3) is 0.286. The van der Waals surface area contributed by atoms with E-state index in [1.54, 1.807) is 6.20 Å². The second-order valence-electron chi connectivity index (χ2n) is 4.25. The number of aryl methyl sites for hydroxylation is 1. The Morgan fingerprint density at radius 3 is 2.78 bits per heavy atom. The van der Waals surface area contributed by atoms with Crippen LogP contribution in [0.15, 0.2) is 36.5 Å². The summed E-state index contributed by atoms with van der Waals surface area (Å²) in [7, 11) is 3.95. The summed E-state index contributed by atoms with van der Waals surface area (Å²) in [5, 5.41) is 13.2. The van der Waals surface area contributed by atoms with Crippen molar-refractivity contribution in [2.75, 3.05) is 18.5 Å². The summed E-state index contributed by atoms with van der Waals surface area (Å²) in [5.41, 5.74) is 2.88. The molecule has 0 bridgehead atoms. The lowest BCUT2D eigenvalue weighted by molar-refractivity contribution is 0.699. The van der Waals surface area contributed by atoms with Crippen LogP contribution < -0.4 is 4.90 Å². The molecule has 18 heavy (non-hydrogen) atoms. The third-order valence-corrected chi connectivity index (χ3v) is 3.06. The van der Waals surface area contributed by atoms with Crippen LogP contribution in [0.3, 0.4) is 0 Å². The van der Waals surface area contributed by atoms with Gasteiger partial charge in [0.25, 0.3) is 0 Å². The van der Waals surface area contributed by atoms with E-state index >= 15 is 0 Å². The molecule has 0 atom stereocenters. The van der Waals surface area contributed by atoms with Gasteiger partial charge in [-0.3, -0.25) is 4.68 Å². The van der Waals surface area contributed by atoms with Gasteiger partial charge in [0.1, 0.15) is 6.07 Å². The van der Waals surface area contributed by atoms with Gasteiger partial charge in [-0.05, 0) is 18.2 Å². The van der Waals surface area contributed by atoms with E-state index in [0.29, 0.717) is 5.56 Å². The predicted octanol–water partition coefficient (Wildman–Crippen LogP) is 1.97. The molecule has 1 aromatic heterocycles. The van der Waals surface area contributed by atoms with Crippen molar-refractivity contribution in [3.63, 3.8) is 0 Å². The zero-order valence-corrected chi connectivity index (χ0v) is 10.7. The van der Waals surface area contributed by atoms with Crippen molar-refractivity contribution in [3.05, 3.63) is 47.8 Å². The van der Waals surface area contributed by atoms with Gasteiger partial charge in [-0.2, -0.15) is 10.4 Å². The maximum atomic E-state index is 9.07. The standard InChI is InChI=1S/C14H16N4/c1-17(10-8-13-7-9-16-18(13)2)14-6-4-3-5-12(14)11-15/h3-7,9H,8,10H2,1-2H3. The Hall–Kier alpha value is -2.28. The maximum absolute atomic E-state index is 9.07. The van der Waals surface area contributed by atoms with Crippen molar-refractivity contribution in [1.82, 2.24) is 9.78 Å². The zero-order chi connectivity index (χ0) is 13.0. The molecule has 0 aliphatic carbocycles. The molecule has 0 fully saturated rings. The predicted molar refractivity (Wildman–Crippen MR) is 71.3 cm³/mol. The van der Waals surface area contributed by atoms with Gasteiger partial charge in [0.15, 0.2) is 0 Å². The molecule has 2 rings (SSSR count). The highest BCUT2D eigenvalue weighted by Gasteiger charge is 2.07. The van der Waals surface area contributed by atoms with Gasteiger partial charge in [-0.1, -0.05) is 12.1 Å². The normalized spacial score (nSPS) is 10.1. The topological polar surface area (TPSA) is 44.9 Å². The Kier molecular flexibility index (Phi) is 3.63. The van der Waals surface area contributed by atoms with E-state index in [4.69, 9.17) is 5.26 Å². The third-order valence-electron chi connectivity index (χ3n) is 3.06. The molecule has 0 saturated carbocycles. The molecule has 2 aromatic rings. The highest BCUT2D eigenvalue weighted by Crippen LogP contribution is 2.18. The minimum absolute atomic E-state index is 0.713. The van der Waals surface area contributed by atoms with Crippen LogP contribution in [-0.4, -0.2) is 23.4 Å². The number of aromatic nitrogens is 2. The second kappa shape index (κ2) is 5.37.